The van der Waals surface area contributed by atoms with Gasteiger partial charge in [0.15, 0.2) is 0 Å². The van der Waals surface area contributed by atoms with E-state index in [0.717, 1.165) is 12.2 Å². The third kappa shape index (κ3) is 4.07. The highest BCUT2D eigenvalue weighted by molar-refractivity contribution is 4.89. The van der Waals surface area contributed by atoms with Crippen molar-refractivity contribution in [3.05, 3.63) is 11.8 Å². The fourth-order valence-corrected chi connectivity index (χ4v) is 0.715. The van der Waals surface area contributed by atoms with E-state index in [1.807, 2.05) is 13.0 Å². The standard InChI is InChI=1S/C8H16O/c1-4-6-7-8(5-2)9-3/h5H,4,6-7H2,1-3H3. The molecule has 0 rings (SSSR count). The molecule has 0 aliphatic carbocycles. The van der Waals surface area contributed by atoms with Crippen LogP contribution in [0.1, 0.15) is 33.1 Å². The first kappa shape index (κ1) is 8.54. The number of unbranched alkanes of at least 4 members (excludes halogenated alkanes) is 1. The molecule has 1 heteroatoms. The maximum Gasteiger partial charge on any atom is 0.0912 e. The Labute approximate surface area is 57.7 Å². The summed E-state index contributed by atoms with van der Waals surface area (Å²) in [6.07, 6.45) is 5.58. The van der Waals surface area contributed by atoms with Crippen LogP contribution in [0.2, 0.25) is 0 Å². The maximum absolute atomic E-state index is 5.06. The highest BCUT2D eigenvalue weighted by Crippen LogP contribution is 2.06. The van der Waals surface area contributed by atoms with Gasteiger partial charge in [0.1, 0.15) is 0 Å². The van der Waals surface area contributed by atoms with E-state index in [0.29, 0.717) is 0 Å². The predicted octanol–water partition coefficient (Wildman–Crippen LogP) is 2.73. The first-order valence-electron chi connectivity index (χ1n) is 3.54. The fraction of sp³-hybridized carbons (Fsp3) is 0.750. The summed E-state index contributed by atoms with van der Waals surface area (Å²) in [7, 11) is 1.73. The largest absolute Gasteiger partial charge is 0.501 e. The van der Waals surface area contributed by atoms with Gasteiger partial charge in [0.2, 0.25) is 0 Å². The Bertz CT molecular complexity index is 84.6. The molecule has 0 atom stereocenters. The summed E-state index contributed by atoms with van der Waals surface area (Å²) in [5.41, 5.74) is 0. The van der Waals surface area contributed by atoms with Crippen molar-refractivity contribution >= 4 is 0 Å². The Morgan fingerprint density at radius 1 is 1.56 bits per heavy atom. The summed E-state index contributed by atoms with van der Waals surface area (Å²) < 4.78 is 5.06. The molecule has 0 amide bonds. The van der Waals surface area contributed by atoms with E-state index in [9.17, 15) is 0 Å². The monoisotopic (exact) mass is 128 g/mol. The average molecular weight is 128 g/mol. The van der Waals surface area contributed by atoms with Crippen LogP contribution in [0, 0.1) is 0 Å². The van der Waals surface area contributed by atoms with Gasteiger partial charge in [-0.3, -0.25) is 0 Å². The molecule has 0 N–H and O–H groups in total. The molecule has 0 heterocycles. The highest BCUT2D eigenvalue weighted by Gasteiger charge is 1.90. The van der Waals surface area contributed by atoms with Crippen LogP contribution < -0.4 is 0 Å². The summed E-state index contributed by atoms with van der Waals surface area (Å²) >= 11 is 0. The van der Waals surface area contributed by atoms with Gasteiger partial charge in [0, 0.05) is 6.42 Å². The summed E-state index contributed by atoms with van der Waals surface area (Å²) in [4.78, 5) is 0. The van der Waals surface area contributed by atoms with Crippen LogP contribution in [0.25, 0.3) is 0 Å². The third-order valence-electron chi connectivity index (χ3n) is 1.36. The van der Waals surface area contributed by atoms with Gasteiger partial charge in [0.25, 0.3) is 0 Å². The van der Waals surface area contributed by atoms with Crippen molar-refractivity contribution in [3.8, 4) is 0 Å². The second kappa shape index (κ2) is 5.67. The van der Waals surface area contributed by atoms with Crippen LogP contribution in [0.3, 0.4) is 0 Å². The SMILES string of the molecule is CC=C(CCCC)OC. The van der Waals surface area contributed by atoms with Gasteiger partial charge in [-0.25, -0.2) is 0 Å². The van der Waals surface area contributed by atoms with Gasteiger partial charge in [-0.15, -0.1) is 0 Å². The fourth-order valence-electron chi connectivity index (χ4n) is 0.715. The van der Waals surface area contributed by atoms with E-state index >= 15 is 0 Å². The van der Waals surface area contributed by atoms with E-state index in [2.05, 4.69) is 6.92 Å². The second-order valence-electron chi connectivity index (χ2n) is 2.06. The molecule has 0 saturated heterocycles. The smallest absolute Gasteiger partial charge is 0.0912 e. The molecule has 0 aromatic carbocycles. The van der Waals surface area contributed by atoms with Crippen molar-refractivity contribution in [1.29, 1.82) is 0 Å². The van der Waals surface area contributed by atoms with Gasteiger partial charge in [0.05, 0.1) is 12.9 Å². The molecule has 0 aromatic heterocycles. The number of allylic oxidation sites excluding steroid dienone is 2. The van der Waals surface area contributed by atoms with Crippen molar-refractivity contribution in [2.24, 2.45) is 0 Å². The van der Waals surface area contributed by atoms with E-state index in [4.69, 9.17) is 4.74 Å². The van der Waals surface area contributed by atoms with E-state index in [1.54, 1.807) is 7.11 Å². The lowest BCUT2D eigenvalue weighted by molar-refractivity contribution is 0.274. The molecule has 0 aliphatic heterocycles. The highest BCUT2D eigenvalue weighted by atomic mass is 16.5. The van der Waals surface area contributed by atoms with Gasteiger partial charge in [-0.05, 0) is 19.4 Å². The molecule has 54 valence electrons. The lowest BCUT2D eigenvalue weighted by Crippen LogP contribution is -1.85. The van der Waals surface area contributed by atoms with Crippen molar-refractivity contribution in [3.63, 3.8) is 0 Å². The molecular weight excluding hydrogens is 112 g/mol. The minimum atomic E-state index is 1.09. The average Bonchev–Trinajstić information content (AvgIpc) is 1.91. The molecule has 0 unspecified atom stereocenters. The molecule has 0 fully saturated rings. The Kier molecular flexibility index (Phi) is 5.38. The molecule has 9 heavy (non-hydrogen) atoms. The van der Waals surface area contributed by atoms with Crippen LogP contribution >= 0.6 is 0 Å². The van der Waals surface area contributed by atoms with Crippen LogP contribution in [0.5, 0.6) is 0 Å². The van der Waals surface area contributed by atoms with Gasteiger partial charge >= 0.3 is 0 Å². The molecule has 0 radical (unpaired) electrons. The number of methoxy groups -OCH3 is 1. The zero-order valence-corrected chi connectivity index (χ0v) is 6.61. The zero-order valence-electron chi connectivity index (χ0n) is 6.61. The minimum absolute atomic E-state index is 1.09. The Hall–Kier alpha value is -0.460. The van der Waals surface area contributed by atoms with Crippen LogP contribution in [-0.4, -0.2) is 7.11 Å². The summed E-state index contributed by atoms with van der Waals surface area (Å²) in [5.74, 6) is 1.11. The number of hydrogen-bond acceptors (Lipinski definition) is 1. The minimum Gasteiger partial charge on any atom is -0.501 e. The first-order chi connectivity index (χ1) is 4.35. The van der Waals surface area contributed by atoms with E-state index in [1.165, 1.54) is 12.8 Å². The van der Waals surface area contributed by atoms with Crippen LogP contribution in [0.15, 0.2) is 11.8 Å². The van der Waals surface area contributed by atoms with Crippen LogP contribution in [0.4, 0.5) is 0 Å². The third-order valence-corrected chi connectivity index (χ3v) is 1.36. The molecule has 0 spiro atoms. The second-order valence-corrected chi connectivity index (χ2v) is 2.06. The molecule has 0 saturated carbocycles. The normalized spacial score (nSPS) is 11.7. The zero-order chi connectivity index (χ0) is 7.11. The van der Waals surface area contributed by atoms with Crippen molar-refractivity contribution in [1.82, 2.24) is 0 Å². The molecule has 0 bridgehead atoms. The van der Waals surface area contributed by atoms with Crippen LogP contribution in [-0.2, 0) is 4.74 Å². The van der Waals surface area contributed by atoms with Gasteiger partial charge in [-0.1, -0.05) is 13.3 Å². The topological polar surface area (TPSA) is 9.23 Å². The van der Waals surface area contributed by atoms with Crippen molar-refractivity contribution in [2.75, 3.05) is 7.11 Å². The maximum atomic E-state index is 5.06. The van der Waals surface area contributed by atoms with E-state index in [-0.39, 0.29) is 0 Å². The summed E-state index contributed by atoms with van der Waals surface area (Å²) in [6.45, 7) is 4.19. The quantitative estimate of drug-likeness (QED) is 0.529. The summed E-state index contributed by atoms with van der Waals surface area (Å²) in [6, 6.07) is 0. The Morgan fingerprint density at radius 2 is 2.22 bits per heavy atom. The Morgan fingerprint density at radius 3 is 2.56 bits per heavy atom. The lowest BCUT2D eigenvalue weighted by Gasteiger charge is -2.02. The lowest BCUT2D eigenvalue weighted by atomic mass is 10.2. The molecular formula is C8H16O. The van der Waals surface area contributed by atoms with Crippen molar-refractivity contribution < 1.29 is 4.74 Å². The number of ether oxygens (including phenoxy) is 1. The van der Waals surface area contributed by atoms with E-state index < -0.39 is 0 Å². The predicted molar refractivity (Wildman–Crippen MR) is 40.3 cm³/mol. The van der Waals surface area contributed by atoms with Gasteiger partial charge < -0.3 is 4.74 Å². The Balaban J connectivity index is 3.33. The van der Waals surface area contributed by atoms with Gasteiger partial charge in [-0.2, -0.15) is 0 Å². The molecule has 1 nitrogen and oxygen atoms in total. The molecule has 0 aliphatic rings. The summed E-state index contributed by atoms with van der Waals surface area (Å²) in [5, 5.41) is 0. The molecule has 0 aromatic rings. The first-order valence-corrected chi connectivity index (χ1v) is 3.54. The number of rotatable bonds is 4. The number of hydrogen-bond donors (Lipinski definition) is 0. The van der Waals surface area contributed by atoms with Crippen molar-refractivity contribution in [2.45, 2.75) is 33.1 Å².